The van der Waals surface area contributed by atoms with Gasteiger partial charge in [-0.3, -0.25) is 0 Å². The Morgan fingerprint density at radius 2 is 2.00 bits per heavy atom. The van der Waals surface area contributed by atoms with Gasteiger partial charge < -0.3 is 0 Å². The van der Waals surface area contributed by atoms with E-state index in [1.54, 1.807) is 0 Å². The van der Waals surface area contributed by atoms with Gasteiger partial charge in [0.1, 0.15) is 0 Å². The van der Waals surface area contributed by atoms with Crippen LogP contribution in [0.3, 0.4) is 0 Å². The first-order valence-electron chi connectivity index (χ1n) is 4.02. The molecular formula is C11H12. The maximum absolute atomic E-state index is 2.28. The molecule has 0 spiro atoms. The number of allylic oxidation sites excluding steroid dienone is 1. The highest BCUT2D eigenvalue weighted by Crippen LogP contribution is 2.24. The van der Waals surface area contributed by atoms with E-state index in [4.69, 9.17) is 0 Å². The zero-order valence-electron chi connectivity index (χ0n) is 7.02. The highest BCUT2D eigenvalue weighted by atomic mass is 14.1. The molecule has 0 saturated carbocycles. The summed E-state index contributed by atoms with van der Waals surface area (Å²) in [4.78, 5) is 0. The lowest BCUT2D eigenvalue weighted by Crippen LogP contribution is -1.83. The summed E-state index contributed by atoms with van der Waals surface area (Å²) >= 11 is 0. The van der Waals surface area contributed by atoms with Gasteiger partial charge in [0.2, 0.25) is 0 Å². The van der Waals surface area contributed by atoms with Crippen molar-refractivity contribution in [3.8, 4) is 0 Å². The molecule has 0 atom stereocenters. The zero-order chi connectivity index (χ0) is 7.84. The van der Waals surface area contributed by atoms with Crippen LogP contribution in [0, 0.1) is 6.92 Å². The lowest BCUT2D eigenvalue weighted by atomic mass is 10.1. The Hall–Kier alpha value is -1.04. The summed E-state index contributed by atoms with van der Waals surface area (Å²) < 4.78 is 0. The Morgan fingerprint density at radius 3 is 2.82 bits per heavy atom. The SMILES string of the molecule is CC1=Cc2ccc(C)cc2C1. The third-order valence-corrected chi connectivity index (χ3v) is 2.17. The molecule has 0 heteroatoms. The van der Waals surface area contributed by atoms with Crippen LogP contribution < -0.4 is 0 Å². The molecule has 1 aliphatic rings. The first-order chi connectivity index (χ1) is 5.25. The van der Waals surface area contributed by atoms with E-state index in [1.165, 1.54) is 22.3 Å². The van der Waals surface area contributed by atoms with Gasteiger partial charge in [0.15, 0.2) is 0 Å². The van der Waals surface area contributed by atoms with Crippen molar-refractivity contribution in [2.75, 3.05) is 0 Å². The minimum atomic E-state index is 1.15. The number of fused-ring (bicyclic) bond motifs is 1. The topological polar surface area (TPSA) is 0 Å². The second-order valence-corrected chi connectivity index (χ2v) is 3.37. The summed E-state index contributed by atoms with van der Waals surface area (Å²) in [5.41, 5.74) is 5.74. The highest BCUT2D eigenvalue weighted by Gasteiger charge is 2.07. The van der Waals surface area contributed by atoms with Gasteiger partial charge in [-0.2, -0.15) is 0 Å². The van der Waals surface area contributed by atoms with Gasteiger partial charge >= 0.3 is 0 Å². The van der Waals surface area contributed by atoms with Gasteiger partial charge in [0.25, 0.3) is 0 Å². The Kier molecular flexibility index (Phi) is 1.35. The molecule has 0 bridgehead atoms. The molecule has 0 aliphatic heterocycles. The first-order valence-corrected chi connectivity index (χ1v) is 4.02. The van der Waals surface area contributed by atoms with E-state index >= 15 is 0 Å². The molecule has 11 heavy (non-hydrogen) atoms. The minimum absolute atomic E-state index is 1.15. The fourth-order valence-corrected chi connectivity index (χ4v) is 1.65. The molecule has 0 N–H and O–H groups in total. The Morgan fingerprint density at radius 1 is 1.18 bits per heavy atom. The number of hydrogen-bond donors (Lipinski definition) is 0. The molecule has 0 radical (unpaired) electrons. The second-order valence-electron chi connectivity index (χ2n) is 3.37. The summed E-state index contributed by atoms with van der Waals surface area (Å²) in [6.07, 6.45) is 3.42. The third kappa shape index (κ3) is 1.09. The van der Waals surface area contributed by atoms with E-state index in [9.17, 15) is 0 Å². The van der Waals surface area contributed by atoms with Crippen LogP contribution in [0.1, 0.15) is 23.6 Å². The van der Waals surface area contributed by atoms with Crippen molar-refractivity contribution in [1.82, 2.24) is 0 Å². The van der Waals surface area contributed by atoms with Crippen LogP contribution in [0.15, 0.2) is 23.8 Å². The van der Waals surface area contributed by atoms with E-state index in [0.29, 0.717) is 0 Å². The fourth-order valence-electron chi connectivity index (χ4n) is 1.65. The molecule has 0 amide bonds. The smallest absolute Gasteiger partial charge is 0.00605 e. The quantitative estimate of drug-likeness (QED) is 0.525. The van der Waals surface area contributed by atoms with Crippen molar-refractivity contribution >= 4 is 6.08 Å². The summed E-state index contributed by atoms with van der Waals surface area (Å²) in [5, 5.41) is 0. The monoisotopic (exact) mass is 144 g/mol. The predicted octanol–water partition coefficient (Wildman–Crippen LogP) is 2.95. The van der Waals surface area contributed by atoms with Crippen LogP contribution in [-0.4, -0.2) is 0 Å². The predicted molar refractivity (Wildman–Crippen MR) is 48.5 cm³/mol. The average molecular weight is 144 g/mol. The Labute approximate surface area is 67.6 Å². The first kappa shape index (κ1) is 6.66. The minimum Gasteiger partial charge on any atom is -0.0683 e. The van der Waals surface area contributed by atoms with Crippen LogP contribution >= 0.6 is 0 Å². The standard InChI is InChI=1S/C11H12/c1-8-3-4-10-6-9(2)7-11(10)5-8/h3-6H,7H2,1-2H3. The maximum Gasteiger partial charge on any atom is -0.00605 e. The van der Waals surface area contributed by atoms with Gasteiger partial charge in [-0.1, -0.05) is 35.4 Å². The van der Waals surface area contributed by atoms with Crippen LogP contribution in [0.25, 0.3) is 6.08 Å². The average Bonchev–Trinajstić information content (AvgIpc) is 2.27. The normalized spacial score (nSPS) is 14.5. The molecule has 0 unspecified atom stereocenters. The van der Waals surface area contributed by atoms with E-state index < -0.39 is 0 Å². The van der Waals surface area contributed by atoms with Crippen molar-refractivity contribution in [3.63, 3.8) is 0 Å². The lowest BCUT2D eigenvalue weighted by Gasteiger charge is -1.98. The third-order valence-electron chi connectivity index (χ3n) is 2.17. The molecule has 1 aliphatic carbocycles. The molecule has 0 nitrogen and oxygen atoms in total. The fraction of sp³-hybridized carbons (Fsp3) is 0.273. The van der Waals surface area contributed by atoms with Crippen LogP contribution in [0.4, 0.5) is 0 Å². The number of rotatable bonds is 0. The van der Waals surface area contributed by atoms with E-state index in [-0.39, 0.29) is 0 Å². The molecule has 2 rings (SSSR count). The van der Waals surface area contributed by atoms with Crippen molar-refractivity contribution in [3.05, 3.63) is 40.5 Å². The molecule has 0 heterocycles. The van der Waals surface area contributed by atoms with Crippen molar-refractivity contribution in [1.29, 1.82) is 0 Å². The van der Waals surface area contributed by atoms with E-state index in [0.717, 1.165) is 6.42 Å². The van der Waals surface area contributed by atoms with Crippen molar-refractivity contribution in [2.24, 2.45) is 0 Å². The van der Waals surface area contributed by atoms with Crippen LogP contribution in [-0.2, 0) is 6.42 Å². The molecular weight excluding hydrogens is 132 g/mol. The summed E-state index contributed by atoms with van der Waals surface area (Å²) in [7, 11) is 0. The van der Waals surface area contributed by atoms with Gasteiger partial charge in [0.05, 0.1) is 0 Å². The van der Waals surface area contributed by atoms with Gasteiger partial charge in [-0.15, -0.1) is 0 Å². The lowest BCUT2D eigenvalue weighted by molar-refractivity contribution is 1.19. The largest absolute Gasteiger partial charge is 0.0683 e. The summed E-state index contributed by atoms with van der Waals surface area (Å²) in [5.74, 6) is 0. The summed E-state index contributed by atoms with van der Waals surface area (Å²) in [6, 6.07) is 6.66. The molecule has 0 saturated heterocycles. The summed E-state index contributed by atoms with van der Waals surface area (Å²) in [6.45, 7) is 4.34. The van der Waals surface area contributed by atoms with E-state index in [2.05, 4.69) is 38.1 Å². The molecule has 1 aromatic rings. The van der Waals surface area contributed by atoms with Crippen LogP contribution in [0.2, 0.25) is 0 Å². The number of hydrogen-bond acceptors (Lipinski definition) is 0. The van der Waals surface area contributed by atoms with Crippen molar-refractivity contribution < 1.29 is 0 Å². The maximum atomic E-state index is 2.28. The Balaban J connectivity index is 2.52. The molecule has 56 valence electrons. The molecule has 1 aromatic carbocycles. The number of aryl methyl sites for hydroxylation is 1. The Bertz CT molecular complexity index is 319. The zero-order valence-corrected chi connectivity index (χ0v) is 7.02. The van der Waals surface area contributed by atoms with Gasteiger partial charge in [0, 0.05) is 0 Å². The van der Waals surface area contributed by atoms with Gasteiger partial charge in [-0.25, -0.2) is 0 Å². The highest BCUT2D eigenvalue weighted by molar-refractivity contribution is 5.63. The molecule has 0 fully saturated rings. The second kappa shape index (κ2) is 2.23. The van der Waals surface area contributed by atoms with Gasteiger partial charge in [-0.05, 0) is 31.4 Å². The molecule has 0 aromatic heterocycles. The number of benzene rings is 1. The van der Waals surface area contributed by atoms with E-state index in [1.807, 2.05) is 0 Å². The van der Waals surface area contributed by atoms with Crippen molar-refractivity contribution in [2.45, 2.75) is 20.3 Å². The van der Waals surface area contributed by atoms with Crippen LogP contribution in [0.5, 0.6) is 0 Å².